The highest BCUT2D eigenvalue weighted by atomic mass is 16.5. The largest absolute Gasteiger partial charge is 0.357 e. The lowest BCUT2D eigenvalue weighted by Gasteiger charge is -2.20. The van der Waals surface area contributed by atoms with Gasteiger partial charge in [-0.05, 0) is 6.42 Å². The van der Waals surface area contributed by atoms with Crippen molar-refractivity contribution in [1.29, 1.82) is 0 Å². The molecule has 0 fully saturated rings. The van der Waals surface area contributed by atoms with Crippen LogP contribution in [0.15, 0.2) is 4.99 Å². The van der Waals surface area contributed by atoms with E-state index >= 15 is 0 Å². The molecular formula is C25H50N4O2. The molecule has 3 N–H and O–H groups in total. The Bertz CT molecular complexity index is 457. The minimum Gasteiger partial charge on any atom is -0.357 e. The van der Waals surface area contributed by atoms with Crippen LogP contribution in [0, 0.1) is 0 Å². The third-order valence-electron chi connectivity index (χ3n) is 6.25. The number of carbonyl (C=O) groups is 1. The number of unbranched alkanes of at least 4 members (excludes halogenated alkanes) is 14. The van der Waals surface area contributed by atoms with Crippen LogP contribution in [0.2, 0.25) is 0 Å². The second-order valence-electron chi connectivity index (χ2n) is 9.02. The smallest absolute Gasteiger partial charge is 0.244 e. The second kappa shape index (κ2) is 20.7. The van der Waals surface area contributed by atoms with Crippen molar-refractivity contribution in [2.24, 2.45) is 4.99 Å². The van der Waals surface area contributed by atoms with Gasteiger partial charge in [0.1, 0.15) is 0 Å². The highest BCUT2D eigenvalue weighted by Gasteiger charge is 2.15. The summed E-state index contributed by atoms with van der Waals surface area (Å²) in [6, 6.07) is 0. The first kappa shape index (κ1) is 27.9. The predicted molar refractivity (Wildman–Crippen MR) is 131 cm³/mol. The molecule has 0 spiro atoms. The van der Waals surface area contributed by atoms with Gasteiger partial charge in [0.15, 0.2) is 0 Å². The molecule has 1 aliphatic rings. The van der Waals surface area contributed by atoms with E-state index in [2.05, 4.69) is 22.1 Å². The number of aliphatic imine (C=N–C) groups is 1. The summed E-state index contributed by atoms with van der Waals surface area (Å²) < 4.78 is 0. The Balaban J connectivity index is 1.85. The zero-order valence-electron chi connectivity index (χ0n) is 20.3. The lowest BCUT2D eigenvalue weighted by Crippen LogP contribution is -2.35. The van der Waals surface area contributed by atoms with Crippen LogP contribution >= 0.6 is 0 Å². The number of amides is 1. The molecule has 1 heterocycles. The Hall–Kier alpha value is -1.14. The second-order valence-corrected chi connectivity index (χ2v) is 9.02. The van der Waals surface area contributed by atoms with Gasteiger partial charge in [0, 0.05) is 39.0 Å². The molecule has 6 nitrogen and oxygen atoms in total. The van der Waals surface area contributed by atoms with Crippen molar-refractivity contribution in [3.63, 3.8) is 0 Å². The van der Waals surface area contributed by atoms with Crippen LogP contribution in [0.1, 0.15) is 116 Å². The molecule has 0 saturated heterocycles. The Morgan fingerprint density at radius 2 is 1.42 bits per heavy atom. The first-order valence-electron chi connectivity index (χ1n) is 13.2. The van der Waals surface area contributed by atoms with E-state index in [4.69, 9.17) is 5.21 Å². The van der Waals surface area contributed by atoms with E-state index in [1.165, 1.54) is 102 Å². The average Bonchev–Trinajstić information content (AvgIpc) is 3.23. The van der Waals surface area contributed by atoms with Crippen LogP contribution in [0.25, 0.3) is 0 Å². The molecule has 182 valence electrons. The molecule has 1 rings (SSSR count). The number of nitrogens with one attached hydrogen (secondary N) is 2. The lowest BCUT2D eigenvalue weighted by atomic mass is 10.0. The molecule has 1 amide bonds. The molecule has 6 heteroatoms. The van der Waals surface area contributed by atoms with Gasteiger partial charge >= 0.3 is 0 Å². The normalized spacial score (nSPS) is 13.6. The number of amidine groups is 1. The van der Waals surface area contributed by atoms with Crippen molar-refractivity contribution < 1.29 is 10.0 Å². The summed E-state index contributed by atoms with van der Waals surface area (Å²) >= 11 is 0. The van der Waals surface area contributed by atoms with Gasteiger partial charge in [-0.15, -0.1) is 0 Å². The Morgan fingerprint density at radius 3 is 1.97 bits per heavy atom. The van der Waals surface area contributed by atoms with Crippen molar-refractivity contribution in [3.8, 4) is 0 Å². The van der Waals surface area contributed by atoms with Crippen molar-refractivity contribution in [3.05, 3.63) is 0 Å². The maximum absolute atomic E-state index is 11.0. The molecule has 0 unspecified atom stereocenters. The predicted octanol–water partition coefficient (Wildman–Crippen LogP) is 5.45. The maximum atomic E-state index is 11.0. The van der Waals surface area contributed by atoms with Gasteiger partial charge in [-0.3, -0.25) is 15.0 Å². The van der Waals surface area contributed by atoms with Crippen LogP contribution in [0.3, 0.4) is 0 Å². The molecule has 0 aromatic carbocycles. The molecule has 0 aromatic heterocycles. The summed E-state index contributed by atoms with van der Waals surface area (Å²) in [5.74, 6) is 0.925. The number of rotatable bonds is 22. The SMILES string of the molecule is CCCCCCCCCCCCCCCCCC1=NCCN1CCNCCC(=O)NO. The highest BCUT2D eigenvalue weighted by molar-refractivity contribution is 5.83. The van der Waals surface area contributed by atoms with Crippen LogP contribution in [0.4, 0.5) is 0 Å². The van der Waals surface area contributed by atoms with Crippen LogP contribution in [-0.2, 0) is 4.79 Å². The van der Waals surface area contributed by atoms with Crippen molar-refractivity contribution in [2.75, 3.05) is 32.7 Å². The standard InChI is InChI=1S/C25H50N4O2/c1-2-3-4-5-6-7-8-9-10-11-12-13-14-15-16-17-24-27-21-23-29(24)22-20-26-19-18-25(30)28-31/h26,31H,2-23H2,1H3,(H,28,30). The third-order valence-corrected chi connectivity index (χ3v) is 6.25. The Kier molecular flexibility index (Phi) is 18.7. The van der Waals surface area contributed by atoms with Crippen LogP contribution in [-0.4, -0.2) is 54.6 Å². The summed E-state index contributed by atoms with van der Waals surface area (Å²) in [7, 11) is 0. The summed E-state index contributed by atoms with van der Waals surface area (Å²) in [6.07, 6.45) is 22.4. The van der Waals surface area contributed by atoms with E-state index in [1.54, 1.807) is 5.48 Å². The van der Waals surface area contributed by atoms with Crippen molar-refractivity contribution in [2.45, 2.75) is 116 Å². The number of carbonyl (C=O) groups excluding carboxylic acids is 1. The van der Waals surface area contributed by atoms with Gasteiger partial charge in [0.25, 0.3) is 0 Å². The zero-order valence-corrected chi connectivity index (χ0v) is 20.3. The molecular weight excluding hydrogens is 388 g/mol. The van der Waals surface area contributed by atoms with E-state index in [0.29, 0.717) is 13.0 Å². The molecule has 31 heavy (non-hydrogen) atoms. The van der Waals surface area contributed by atoms with Gasteiger partial charge in [0.2, 0.25) is 5.91 Å². The van der Waals surface area contributed by atoms with E-state index in [-0.39, 0.29) is 5.91 Å². The summed E-state index contributed by atoms with van der Waals surface area (Å²) in [5.41, 5.74) is 1.66. The van der Waals surface area contributed by atoms with E-state index in [1.807, 2.05) is 0 Å². The quantitative estimate of drug-likeness (QED) is 0.119. The minimum atomic E-state index is -0.343. The average molecular weight is 439 g/mol. The van der Waals surface area contributed by atoms with Gasteiger partial charge < -0.3 is 10.2 Å². The Morgan fingerprint density at radius 1 is 0.871 bits per heavy atom. The molecule has 0 saturated carbocycles. The fraction of sp³-hybridized carbons (Fsp3) is 0.920. The maximum Gasteiger partial charge on any atom is 0.244 e. The summed E-state index contributed by atoms with van der Waals surface area (Å²) in [6.45, 7) is 6.60. The molecule has 0 atom stereocenters. The molecule has 0 aliphatic carbocycles. The summed E-state index contributed by atoms with van der Waals surface area (Å²) in [5, 5.41) is 11.7. The number of hydrogen-bond donors (Lipinski definition) is 3. The fourth-order valence-electron chi connectivity index (χ4n) is 4.26. The lowest BCUT2D eigenvalue weighted by molar-refractivity contribution is -0.129. The number of nitrogens with zero attached hydrogens (tertiary/aromatic N) is 2. The Labute approximate surface area is 191 Å². The van der Waals surface area contributed by atoms with Crippen molar-refractivity contribution in [1.82, 2.24) is 15.7 Å². The number of hydrogen-bond acceptors (Lipinski definition) is 5. The molecule has 1 aliphatic heterocycles. The molecule has 0 bridgehead atoms. The minimum absolute atomic E-state index is 0.302. The molecule has 0 aromatic rings. The third kappa shape index (κ3) is 16.2. The first-order chi connectivity index (χ1) is 15.3. The van der Waals surface area contributed by atoms with Crippen LogP contribution in [0.5, 0.6) is 0 Å². The van der Waals surface area contributed by atoms with Gasteiger partial charge in [-0.1, -0.05) is 96.8 Å². The summed E-state index contributed by atoms with van der Waals surface area (Å²) in [4.78, 5) is 18.0. The van der Waals surface area contributed by atoms with E-state index < -0.39 is 0 Å². The van der Waals surface area contributed by atoms with Crippen LogP contribution < -0.4 is 10.8 Å². The van der Waals surface area contributed by atoms with Crippen molar-refractivity contribution >= 4 is 11.7 Å². The van der Waals surface area contributed by atoms with Gasteiger partial charge in [-0.2, -0.15) is 0 Å². The topological polar surface area (TPSA) is 77.0 Å². The first-order valence-corrected chi connectivity index (χ1v) is 13.2. The number of hydroxylamine groups is 1. The zero-order chi connectivity index (χ0) is 22.4. The fourth-order valence-corrected chi connectivity index (χ4v) is 4.26. The monoisotopic (exact) mass is 438 g/mol. The molecule has 0 radical (unpaired) electrons. The van der Waals surface area contributed by atoms with Gasteiger partial charge in [-0.25, -0.2) is 5.48 Å². The van der Waals surface area contributed by atoms with E-state index in [0.717, 1.165) is 32.6 Å². The van der Waals surface area contributed by atoms with Gasteiger partial charge in [0.05, 0.1) is 12.4 Å². The van der Waals surface area contributed by atoms with E-state index in [9.17, 15) is 4.79 Å². The highest BCUT2D eigenvalue weighted by Crippen LogP contribution is 2.15.